The molecular weight excluding hydrogens is 490 g/mol. The number of aliphatic imine (C=N–C) groups is 1. The molecule has 1 fully saturated rings. The third kappa shape index (κ3) is 8.18. The van der Waals surface area contributed by atoms with Gasteiger partial charge in [-0.25, -0.2) is 4.98 Å². The number of aryl methyl sites for hydroxylation is 1. The van der Waals surface area contributed by atoms with Crippen molar-refractivity contribution in [1.82, 2.24) is 4.98 Å². The van der Waals surface area contributed by atoms with E-state index in [9.17, 15) is 0 Å². The highest BCUT2D eigenvalue weighted by molar-refractivity contribution is 5.96. The lowest BCUT2D eigenvalue weighted by molar-refractivity contribution is 0.0807. The normalized spacial score (nSPS) is 14.4. The maximum absolute atomic E-state index is 5.46. The molecule has 1 aliphatic heterocycles. The van der Waals surface area contributed by atoms with Crippen molar-refractivity contribution in [3.05, 3.63) is 59.7 Å². The first kappa shape index (κ1) is 29.8. The summed E-state index contributed by atoms with van der Waals surface area (Å²) in [6, 6.07) is 16.8. The Morgan fingerprint density at radius 3 is 2.35 bits per heavy atom. The van der Waals surface area contributed by atoms with E-state index in [0.717, 1.165) is 67.2 Å². The Bertz CT molecular complexity index is 1300. The van der Waals surface area contributed by atoms with E-state index < -0.39 is 0 Å². The molecule has 1 aliphatic rings. The van der Waals surface area contributed by atoms with Crippen LogP contribution in [0, 0.1) is 30.6 Å². The predicted molar refractivity (Wildman–Crippen MR) is 171 cm³/mol. The zero-order chi connectivity index (χ0) is 28.2. The number of hydrogen-bond donors (Lipinski definition) is 1. The van der Waals surface area contributed by atoms with Crippen LogP contribution in [0.1, 0.15) is 96.1 Å². The van der Waals surface area contributed by atoms with Crippen molar-refractivity contribution in [3.8, 4) is 11.8 Å². The molecule has 0 amide bonds. The number of rotatable bonds is 12. The lowest BCUT2D eigenvalue weighted by Crippen LogP contribution is -2.15. The molecule has 0 aliphatic carbocycles. The number of nitrogens with zero attached hydrogens (tertiary/aromatic N) is 2. The van der Waals surface area contributed by atoms with E-state index in [1.54, 1.807) is 0 Å². The number of ether oxygens (including phenoxy) is 1. The highest BCUT2D eigenvalue weighted by Gasteiger charge is 2.19. The third-order valence-electron chi connectivity index (χ3n) is 7.95. The molecule has 0 atom stereocenters. The molecule has 0 spiro atoms. The van der Waals surface area contributed by atoms with Gasteiger partial charge in [-0.05, 0) is 80.8 Å². The third-order valence-corrected chi connectivity index (χ3v) is 7.95. The molecular formula is C36H47N3O. The quantitative estimate of drug-likeness (QED) is 0.185. The summed E-state index contributed by atoms with van der Waals surface area (Å²) in [4.78, 5) is 10.5. The molecule has 2 heterocycles. The zero-order valence-corrected chi connectivity index (χ0v) is 25.1. The highest BCUT2D eigenvalue weighted by Crippen LogP contribution is 2.36. The molecule has 4 heteroatoms. The number of unbranched alkanes of at least 4 members (excludes halogenated alkanes) is 2. The average molecular weight is 538 g/mol. The molecule has 2 aromatic carbocycles. The van der Waals surface area contributed by atoms with Gasteiger partial charge in [0, 0.05) is 41.5 Å². The second-order valence-corrected chi connectivity index (χ2v) is 11.1. The minimum Gasteiger partial charge on any atom is -0.381 e. The molecule has 212 valence electrons. The predicted octanol–water partition coefficient (Wildman–Crippen LogP) is 9.93. The molecule has 0 bridgehead atoms. The zero-order valence-electron chi connectivity index (χ0n) is 25.1. The van der Waals surface area contributed by atoms with Crippen molar-refractivity contribution < 1.29 is 4.74 Å². The van der Waals surface area contributed by atoms with Crippen LogP contribution in [0.15, 0.2) is 53.5 Å². The Labute approximate surface area is 242 Å². The standard InChI is InChI=1S/C36H47N3O/c1-5-8-13-30(14-9-6-2)33(12-7-3)38-35-27(4)32-15-10-11-16-34(32)39-36(35)37-31-21-19-28(20-22-31)17-18-29-23-25-40-26-24-29/h10-11,15-16,19-22,29-30H,5-9,12-14,23-26H2,1-4H3,(H,37,39)/b38-33+. The van der Waals surface area contributed by atoms with Crippen molar-refractivity contribution in [2.75, 3.05) is 18.5 Å². The van der Waals surface area contributed by atoms with E-state index in [1.807, 2.05) is 0 Å². The lowest BCUT2D eigenvalue weighted by Gasteiger charge is -2.21. The summed E-state index contributed by atoms with van der Waals surface area (Å²) in [5.41, 5.74) is 6.53. The number of anilines is 2. The maximum Gasteiger partial charge on any atom is 0.157 e. The van der Waals surface area contributed by atoms with Crippen molar-refractivity contribution in [2.24, 2.45) is 16.8 Å². The average Bonchev–Trinajstić information content (AvgIpc) is 2.99. The number of fused-ring (bicyclic) bond motifs is 1. The summed E-state index contributed by atoms with van der Waals surface area (Å²) in [6.07, 6.45) is 11.6. The molecule has 0 radical (unpaired) electrons. The summed E-state index contributed by atoms with van der Waals surface area (Å²) in [5.74, 6) is 8.60. The van der Waals surface area contributed by atoms with Gasteiger partial charge in [0.15, 0.2) is 5.82 Å². The molecule has 40 heavy (non-hydrogen) atoms. The number of benzene rings is 2. The first-order valence-electron chi connectivity index (χ1n) is 15.6. The summed E-state index contributed by atoms with van der Waals surface area (Å²) >= 11 is 0. The van der Waals surface area contributed by atoms with Crippen LogP contribution in [-0.2, 0) is 4.74 Å². The molecule has 4 rings (SSSR count). The molecule has 1 saturated heterocycles. The molecule has 1 aromatic heterocycles. The summed E-state index contributed by atoms with van der Waals surface area (Å²) in [5, 5.41) is 4.79. The largest absolute Gasteiger partial charge is 0.381 e. The van der Waals surface area contributed by atoms with Gasteiger partial charge < -0.3 is 10.1 Å². The van der Waals surface area contributed by atoms with E-state index in [4.69, 9.17) is 14.7 Å². The van der Waals surface area contributed by atoms with Gasteiger partial charge in [-0.2, -0.15) is 0 Å². The van der Waals surface area contributed by atoms with Crippen LogP contribution in [0.3, 0.4) is 0 Å². The highest BCUT2D eigenvalue weighted by atomic mass is 16.5. The summed E-state index contributed by atoms with van der Waals surface area (Å²) < 4.78 is 5.46. The Kier molecular flexibility index (Phi) is 11.6. The molecule has 0 unspecified atom stereocenters. The van der Waals surface area contributed by atoms with Gasteiger partial charge >= 0.3 is 0 Å². The van der Waals surface area contributed by atoms with Crippen LogP contribution in [0.25, 0.3) is 10.9 Å². The Morgan fingerprint density at radius 2 is 1.68 bits per heavy atom. The van der Waals surface area contributed by atoms with Crippen LogP contribution in [0.4, 0.5) is 17.2 Å². The van der Waals surface area contributed by atoms with E-state index in [0.29, 0.717) is 11.8 Å². The molecule has 4 nitrogen and oxygen atoms in total. The fraction of sp³-hybridized carbons (Fsp3) is 0.500. The Morgan fingerprint density at radius 1 is 0.975 bits per heavy atom. The van der Waals surface area contributed by atoms with Crippen LogP contribution in [0.2, 0.25) is 0 Å². The van der Waals surface area contributed by atoms with Crippen molar-refractivity contribution in [3.63, 3.8) is 0 Å². The monoisotopic (exact) mass is 537 g/mol. The van der Waals surface area contributed by atoms with Crippen LogP contribution in [0.5, 0.6) is 0 Å². The van der Waals surface area contributed by atoms with Gasteiger partial charge in [0.1, 0.15) is 5.69 Å². The van der Waals surface area contributed by atoms with Gasteiger partial charge in [0.25, 0.3) is 0 Å². The molecule has 0 saturated carbocycles. The van der Waals surface area contributed by atoms with Gasteiger partial charge in [0.05, 0.1) is 5.52 Å². The van der Waals surface area contributed by atoms with Crippen molar-refractivity contribution in [1.29, 1.82) is 0 Å². The van der Waals surface area contributed by atoms with E-state index >= 15 is 0 Å². The molecule has 3 aromatic rings. The van der Waals surface area contributed by atoms with Crippen LogP contribution >= 0.6 is 0 Å². The van der Waals surface area contributed by atoms with Gasteiger partial charge in [0.2, 0.25) is 0 Å². The van der Waals surface area contributed by atoms with Crippen molar-refractivity contribution >= 4 is 33.8 Å². The maximum atomic E-state index is 5.46. The SMILES string of the molecule is CCCCC(CCCC)/C(CCC)=N/c1c(Nc2ccc(C#CC3CCOCC3)cc2)nc2ccccc2c1C. The number of nitrogens with one attached hydrogen (secondary N) is 1. The number of pyridine rings is 1. The number of aromatic nitrogens is 1. The minimum absolute atomic E-state index is 0.438. The first-order valence-corrected chi connectivity index (χ1v) is 15.6. The Balaban J connectivity index is 1.68. The second kappa shape index (κ2) is 15.6. The van der Waals surface area contributed by atoms with Gasteiger partial charge in [-0.3, -0.25) is 4.99 Å². The molecule has 1 N–H and O–H groups in total. The summed E-state index contributed by atoms with van der Waals surface area (Å²) in [7, 11) is 0. The number of hydrogen-bond acceptors (Lipinski definition) is 4. The smallest absolute Gasteiger partial charge is 0.157 e. The van der Waals surface area contributed by atoms with Crippen LogP contribution < -0.4 is 5.32 Å². The van der Waals surface area contributed by atoms with Crippen LogP contribution in [-0.4, -0.2) is 23.9 Å². The van der Waals surface area contributed by atoms with Crippen molar-refractivity contribution in [2.45, 2.75) is 91.9 Å². The lowest BCUT2D eigenvalue weighted by atomic mass is 9.89. The van der Waals surface area contributed by atoms with E-state index in [-0.39, 0.29) is 0 Å². The first-order chi connectivity index (χ1) is 19.6. The van der Waals surface area contributed by atoms with E-state index in [2.05, 4.69) is 93.4 Å². The second-order valence-electron chi connectivity index (χ2n) is 11.1. The number of para-hydroxylation sites is 1. The summed E-state index contributed by atoms with van der Waals surface area (Å²) in [6.45, 7) is 10.7. The van der Waals surface area contributed by atoms with Gasteiger partial charge in [-0.15, -0.1) is 0 Å². The van der Waals surface area contributed by atoms with Gasteiger partial charge in [-0.1, -0.05) is 82.9 Å². The fourth-order valence-electron chi connectivity index (χ4n) is 5.52. The Hall–Kier alpha value is -3.16. The fourth-order valence-corrected chi connectivity index (χ4v) is 5.52. The minimum atomic E-state index is 0.438. The topological polar surface area (TPSA) is 46.5 Å². The van der Waals surface area contributed by atoms with E-state index in [1.165, 1.54) is 55.2 Å².